The third-order valence-electron chi connectivity index (χ3n) is 11.9. The van der Waals surface area contributed by atoms with Crippen molar-refractivity contribution in [3.05, 3.63) is 12.2 Å². The molecular weight excluding hydrogens is 719 g/mol. The second kappa shape index (κ2) is 39.1. The molecule has 0 spiro atoms. The van der Waals surface area contributed by atoms with Gasteiger partial charge in [-0.05, 0) is 38.5 Å². The van der Waals surface area contributed by atoms with E-state index in [0.717, 1.165) is 38.5 Å². The van der Waals surface area contributed by atoms with Gasteiger partial charge in [0.25, 0.3) is 0 Å². The van der Waals surface area contributed by atoms with Crippen LogP contribution in [0.25, 0.3) is 0 Å². The first kappa shape index (κ1) is 53.9. The Hall–Kier alpha value is -1.07. The molecule has 0 aromatic rings. The summed E-state index contributed by atoms with van der Waals surface area (Å²) in [6.45, 7) is 3.84. The number of aliphatic hydroxyl groups excluding tert-OH is 5. The lowest BCUT2D eigenvalue weighted by Crippen LogP contribution is -2.60. The van der Waals surface area contributed by atoms with Gasteiger partial charge in [-0.3, -0.25) is 4.79 Å². The van der Waals surface area contributed by atoms with Crippen LogP contribution in [0.15, 0.2) is 12.2 Å². The van der Waals surface area contributed by atoms with Crippen molar-refractivity contribution in [1.29, 1.82) is 0 Å². The molecule has 57 heavy (non-hydrogen) atoms. The number of unbranched alkanes of at least 4 members (excludes halogenated alkanes) is 29. The Kier molecular flexibility index (Phi) is 37.0. The third kappa shape index (κ3) is 29.7. The summed E-state index contributed by atoms with van der Waals surface area (Å²) in [5.74, 6) is -0.143. The number of nitrogens with one attached hydrogen (secondary N) is 1. The molecule has 7 atom stereocenters. The molecule has 2 unspecified atom stereocenters. The molecule has 1 heterocycles. The van der Waals surface area contributed by atoms with Gasteiger partial charge in [-0.15, -0.1) is 0 Å². The summed E-state index contributed by atoms with van der Waals surface area (Å²) < 4.78 is 11.3. The molecule has 1 aliphatic heterocycles. The maximum atomic E-state index is 13.0. The lowest BCUT2D eigenvalue weighted by molar-refractivity contribution is -0.302. The van der Waals surface area contributed by atoms with Crippen LogP contribution >= 0.6 is 0 Å². The molecule has 1 rings (SSSR count). The van der Waals surface area contributed by atoms with Crippen molar-refractivity contribution in [2.75, 3.05) is 13.2 Å². The smallest absolute Gasteiger partial charge is 0.220 e. The summed E-state index contributed by atoms with van der Waals surface area (Å²) in [6, 6.07) is -0.714. The van der Waals surface area contributed by atoms with E-state index in [4.69, 9.17) is 9.47 Å². The summed E-state index contributed by atoms with van der Waals surface area (Å²) >= 11 is 0. The zero-order valence-electron chi connectivity index (χ0n) is 37.1. The number of carbonyl (C=O) groups is 1. The molecule has 9 nitrogen and oxygen atoms in total. The summed E-state index contributed by atoms with van der Waals surface area (Å²) in [6.07, 6.45) is 37.9. The summed E-state index contributed by atoms with van der Waals surface area (Å²) in [7, 11) is 0. The van der Waals surface area contributed by atoms with Gasteiger partial charge in [0.15, 0.2) is 6.29 Å². The Balaban J connectivity index is 2.26. The number of aliphatic hydroxyl groups is 5. The number of hydrogen-bond acceptors (Lipinski definition) is 8. The Morgan fingerprint density at radius 1 is 0.579 bits per heavy atom. The number of ether oxygens (including phenoxy) is 2. The summed E-state index contributed by atoms with van der Waals surface area (Å²) in [4.78, 5) is 13.0. The molecule has 0 aromatic carbocycles. The van der Waals surface area contributed by atoms with Gasteiger partial charge in [0.1, 0.15) is 24.4 Å². The second-order valence-electron chi connectivity index (χ2n) is 17.3. The van der Waals surface area contributed by atoms with Crippen LogP contribution in [0.2, 0.25) is 0 Å². The van der Waals surface area contributed by atoms with Gasteiger partial charge < -0.3 is 40.3 Å². The van der Waals surface area contributed by atoms with Crippen LogP contribution < -0.4 is 5.32 Å². The van der Waals surface area contributed by atoms with Crippen LogP contribution in [0.1, 0.15) is 232 Å². The molecule has 0 aromatic heterocycles. The molecule has 9 heteroatoms. The van der Waals surface area contributed by atoms with Crippen molar-refractivity contribution in [3.63, 3.8) is 0 Å². The Morgan fingerprint density at radius 2 is 0.982 bits per heavy atom. The monoisotopic (exact) mass is 812 g/mol. The minimum atomic E-state index is -1.55. The maximum Gasteiger partial charge on any atom is 0.220 e. The first-order valence-electron chi connectivity index (χ1n) is 24.4. The molecular formula is C48H93NO8. The van der Waals surface area contributed by atoms with Gasteiger partial charge in [0.2, 0.25) is 5.91 Å². The lowest BCUT2D eigenvalue weighted by atomic mass is 9.99. The zero-order chi connectivity index (χ0) is 41.6. The van der Waals surface area contributed by atoms with E-state index in [-0.39, 0.29) is 12.5 Å². The number of allylic oxidation sites excluding steroid dienone is 2. The summed E-state index contributed by atoms with van der Waals surface area (Å²) in [5, 5.41) is 54.4. The van der Waals surface area contributed by atoms with Crippen molar-refractivity contribution < 1.29 is 39.8 Å². The molecule has 1 fully saturated rings. The molecule has 1 saturated heterocycles. The predicted molar refractivity (Wildman–Crippen MR) is 235 cm³/mol. The molecule has 338 valence electrons. The minimum Gasteiger partial charge on any atom is -0.394 e. The minimum absolute atomic E-state index is 0.135. The average molecular weight is 812 g/mol. The molecule has 0 aliphatic carbocycles. The van der Waals surface area contributed by atoms with Gasteiger partial charge in [0.05, 0.1) is 25.4 Å². The van der Waals surface area contributed by atoms with Crippen LogP contribution in [0.3, 0.4) is 0 Å². The van der Waals surface area contributed by atoms with Crippen molar-refractivity contribution >= 4 is 5.91 Å². The number of amides is 1. The topological polar surface area (TPSA) is 149 Å². The normalized spacial score (nSPS) is 21.0. The maximum absolute atomic E-state index is 13.0. The van der Waals surface area contributed by atoms with Crippen molar-refractivity contribution in [1.82, 2.24) is 5.32 Å². The fourth-order valence-corrected chi connectivity index (χ4v) is 7.92. The Morgan fingerprint density at radius 3 is 1.42 bits per heavy atom. The zero-order valence-corrected chi connectivity index (χ0v) is 37.1. The fourth-order valence-electron chi connectivity index (χ4n) is 7.92. The molecule has 1 aliphatic rings. The first-order valence-corrected chi connectivity index (χ1v) is 24.4. The Bertz CT molecular complexity index is 904. The molecule has 0 saturated carbocycles. The van der Waals surface area contributed by atoms with Crippen LogP contribution in [0.4, 0.5) is 0 Å². The van der Waals surface area contributed by atoms with E-state index in [2.05, 4.69) is 31.3 Å². The average Bonchev–Trinajstić information content (AvgIpc) is 3.21. The van der Waals surface area contributed by atoms with Crippen molar-refractivity contribution in [3.8, 4) is 0 Å². The highest BCUT2D eigenvalue weighted by molar-refractivity contribution is 5.76. The van der Waals surface area contributed by atoms with Gasteiger partial charge >= 0.3 is 0 Å². The van der Waals surface area contributed by atoms with Gasteiger partial charge in [0, 0.05) is 6.42 Å². The lowest BCUT2D eigenvalue weighted by Gasteiger charge is -2.40. The highest BCUT2D eigenvalue weighted by atomic mass is 16.7. The predicted octanol–water partition coefficient (Wildman–Crippen LogP) is 10.5. The summed E-state index contributed by atoms with van der Waals surface area (Å²) in [5.41, 5.74) is 0. The second-order valence-corrected chi connectivity index (χ2v) is 17.3. The van der Waals surface area contributed by atoms with Crippen LogP contribution in [0, 0.1) is 0 Å². The van der Waals surface area contributed by atoms with Crippen molar-refractivity contribution in [2.45, 2.75) is 275 Å². The number of carbonyl (C=O) groups excluding carboxylic acids is 1. The van der Waals surface area contributed by atoms with Gasteiger partial charge in [-0.25, -0.2) is 0 Å². The van der Waals surface area contributed by atoms with E-state index >= 15 is 0 Å². The molecule has 0 radical (unpaired) electrons. The van der Waals surface area contributed by atoms with E-state index in [9.17, 15) is 30.3 Å². The molecule has 0 bridgehead atoms. The van der Waals surface area contributed by atoms with E-state index in [0.29, 0.717) is 12.8 Å². The fraction of sp³-hybridized carbons (Fsp3) is 0.938. The highest BCUT2D eigenvalue weighted by Crippen LogP contribution is 2.23. The largest absolute Gasteiger partial charge is 0.394 e. The Labute approximate surface area is 350 Å². The third-order valence-corrected chi connectivity index (χ3v) is 11.9. The van der Waals surface area contributed by atoms with Crippen LogP contribution in [-0.2, 0) is 14.3 Å². The number of rotatable bonds is 41. The number of hydrogen-bond donors (Lipinski definition) is 6. The SMILES string of the molecule is CCCCCCCC/C=C\CCCCCCCCCCCCCC(=O)NC(CO[C@@H]1O[C@H](CO)[C@H](O)[C@H](O)[C@H]1O)C(O)CCCCCCCCCCCCCCC. The van der Waals surface area contributed by atoms with Crippen LogP contribution in [0.5, 0.6) is 0 Å². The van der Waals surface area contributed by atoms with E-state index in [1.807, 2.05) is 0 Å². The standard InChI is InChI=1S/C48H93NO8/c1-3-5-7-9-11-13-15-17-18-19-20-21-22-23-24-26-28-30-32-34-36-38-44(52)49-41(40-56-48-47(55)46(54)45(53)43(39-50)57-48)42(51)37-35-33-31-29-27-25-16-14-12-10-8-6-4-2/h17-18,41-43,45-48,50-51,53-55H,3-16,19-40H2,1-2H3,(H,49,52)/b18-17-/t41?,42?,43-,45+,46+,47-,48-/m1/s1. The van der Waals surface area contributed by atoms with E-state index in [1.165, 1.54) is 167 Å². The molecule has 6 N–H and O–H groups in total. The van der Waals surface area contributed by atoms with Crippen LogP contribution in [-0.4, -0.2) is 87.5 Å². The quantitative estimate of drug-likeness (QED) is 0.0264. The van der Waals surface area contributed by atoms with Crippen molar-refractivity contribution in [2.24, 2.45) is 0 Å². The van der Waals surface area contributed by atoms with Gasteiger partial charge in [-0.1, -0.05) is 199 Å². The molecule has 1 amide bonds. The highest BCUT2D eigenvalue weighted by Gasteiger charge is 2.44. The first-order chi connectivity index (χ1) is 27.8. The van der Waals surface area contributed by atoms with E-state index in [1.54, 1.807) is 0 Å². The van der Waals surface area contributed by atoms with Gasteiger partial charge in [-0.2, -0.15) is 0 Å². The van der Waals surface area contributed by atoms with E-state index < -0.39 is 49.5 Å².